The zero-order valence-corrected chi connectivity index (χ0v) is 11.4. The van der Waals surface area contributed by atoms with Crippen LogP contribution in [0.3, 0.4) is 0 Å². The Kier molecular flexibility index (Phi) is 4.47. The van der Waals surface area contributed by atoms with Crippen LogP contribution in [0.2, 0.25) is 0 Å². The SMILES string of the molecule is CCn1nnc(C(=O)O)c1CNC(=O)OC(C)(C)C. The van der Waals surface area contributed by atoms with Crippen LogP contribution in [-0.4, -0.2) is 37.8 Å². The fourth-order valence-corrected chi connectivity index (χ4v) is 1.40. The number of rotatable bonds is 4. The van der Waals surface area contributed by atoms with Gasteiger partial charge in [0.15, 0.2) is 5.69 Å². The quantitative estimate of drug-likeness (QED) is 0.846. The van der Waals surface area contributed by atoms with Crippen LogP contribution < -0.4 is 5.32 Å². The minimum Gasteiger partial charge on any atom is -0.476 e. The van der Waals surface area contributed by atoms with Crippen molar-refractivity contribution in [2.75, 3.05) is 0 Å². The monoisotopic (exact) mass is 270 g/mol. The van der Waals surface area contributed by atoms with Gasteiger partial charge in [0.2, 0.25) is 0 Å². The minimum atomic E-state index is -1.18. The molecule has 19 heavy (non-hydrogen) atoms. The van der Waals surface area contributed by atoms with Gasteiger partial charge in [-0.2, -0.15) is 0 Å². The third-order valence-corrected chi connectivity index (χ3v) is 2.14. The average molecular weight is 270 g/mol. The summed E-state index contributed by atoms with van der Waals surface area (Å²) < 4.78 is 6.48. The molecule has 1 heterocycles. The number of alkyl carbamates (subject to hydrolysis) is 1. The highest BCUT2D eigenvalue weighted by molar-refractivity contribution is 5.86. The molecule has 8 heteroatoms. The predicted molar refractivity (Wildman–Crippen MR) is 65.7 cm³/mol. The minimum absolute atomic E-state index is 0.00259. The number of ether oxygens (including phenoxy) is 1. The number of carboxylic acid groups (broad SMARTS) is 1. The molecule has 0 bridgehead atoms. The van der Waals surface area contributed by atoms with Gasteiger partial charge in [-0.1, -0.05) is 5.21 Å². The summed E-state index contributed by atoms with van der Waals surface area (Å²) in [5, 5.41) is 18.7. The van der Waals surface area contributed by atoms with Crippen molar-refractivity contribution < 1.29 is 19.4 Å². The lowest BCUT2D eigenvalue weighted by Crippen LogP contribution is -2.33. The van der Waals surface area contributed by atoms with Crippen molar-refractivity contribution in [2.24, 2.45) is 0 Å². The van der Waals surface area contributed by atoms with Crippen molar-refractivity contribution in [1.29, 1.82) is 0 Å². The van der Waals surface area contributed by atoms with E-state index in [0.717, 1.165) is 0 Å². The Morgan fingerprint density at radius 1 is 1.42 bits per heavy atom. The molecule has 0 aromatic carbocycles. The summed E-state index contributed by atoms with van der Waals surface area (Å²) >= 11 is 0. The molecule has 0 fully saturated rings. The maximum absolute atomic E-state index is 11.5. The highest BCUT2D eigenvalue weighted by atomic mass is 16.6. The van der Waals surface area contributed by atoms with Crippen LogP contribution in [0.1, 0.15) is 43.9 Å². The first-order valence-electron chi connectivity index (χ1n) is 5.87. The van der Waals surface area contributed by atoms with Crippen LogP contribution >= 0.6 is 0 Å². The molecule has 106 valence electrons. The van der Waals surface area contributed by atoms with E-state index < -0.39 is 17.7 Å². The lowest BCUT2D eigenvalue weighted by atomic mass is 10.2. The summed E-state index contributed by atoms with van der Waals surface area (Å²) in [5.74, 6) is -1.18. The Morgan fingerprint density at radius 3 is 2.53 bits per heavy atom. The van der Waals surface area contributed by atoms with Crippen LogP contribution in [0, 0.1) is 0 Å². The number of aromatic carboxylic acids is 1. The fourth-order valence-electron chi connectivity index (χ4n) is 1.40. The summed E-state index contributed by atoms with van der Waals surface area (Å²) in [6, 6.07) is 0. The molecular formula is C11H18N4O4. The lowest BCUT2D eigenvalue weighted by Gasteiger charge is -2.19. The van der Waals surface area contributed by atoms with Crippen LogP contribution in [0.4, 0.5) is 4.79 Å². The molecule has 0 aliphatic heterocycles. The molecule has 1 aromatic rings. The summed E-state index contributed by atoms with van der Waals surface area (Å²) in [4.78, 5) is 22.5. The van der Waals surface area contributed by atoms with Gasteiger partial charge in [0, 0.05) is 6.54 Å². The van der Waals surface area contributed by atoms with Gasteiger partial charge in [-0.3, -0.25) is 0 Å². The topological polar surface area (TPSA) is 106 Å². The van der Waals surface area contributed by atoms with Crippen LogP contribution in [0.15, 0.2) is 0 Å². The third-order valence-electron chi connectivity index (χ3n) is 2.14. The Morgan fingerprint density at radius 2 is 2.05 bits per heavy atom. The van der Waals surface area contributed by atoms with E-state index in [-0.39, 0.29) is 12.2 Å². The zero-order chi connectivity index (χ0) is 14.6. The van der Waals surface area contributed by atoms with Gasteiger partial charge >= 0.3 is 12.1 Å². The number of hydrogen-bond donors (Lipinski definition) is 2. The first-order chi connectivity index (χ1) is 8.74. The van der Waals surface area contributed by atoms with Crippen LogP contribution in [0.5, 0.6) is 0 Å². The Hall–Kier alpha value is -2.12. The Balaban J connectivity index is 2.74. The third kappa shape index (κ3) is 4.23. The lowest BCUT2D eigenvalue weighted by molar-refractivity contribution is 0.0519. The number of hydrogen-bond acceptors (Lipinski definition) is 5. The van der Waals surface area contributed by atoms with Gasteiger partial charge in [-0.25, -0.2) is 14.3 Å². The molecule has 2 N–H and O–H groups in total. The van der Waals surface area contributed by atoms with Gasteiger partial charge in [0.05, 0.1) is 12.2 Å². The number of amides is 1. The van der Waals surface area contributed by atoms with E-state index in [1.165, 1.54) is 4.68 Å². The van der Waals surface area contributed by atoms with E-state index >= 15 is 0 Å². The fraction of sp³-hybridized carbons (Fsp3) is 0.636. The molecular weight excluding hydrogens is 252 g/mol. The van der Waals surface area contributed by atoms with Gasteiger partial charge < -0.3 is 15.2 Å². The molecule has 8 nitrogen and oxygen atoms in total. The summed E-state index contributed by atoms with van der Waals surface area (Å²) in [6.07, 6.45) is -0.618. The average Bonchev–Trinajstić information content (AvgIpc) is 2.66. The van der Waals surface area contributed by atoms with E-state index in [9.17, 15) is 9.59 Å². The number of carbonyl (C=O) groups is 2. The highest BCUT2D eigenvalue weighted by Gasteiger charge is 2.20. The zero-order valence-electron chi connectivity index (χ0n) is 11.4. The molecule has 0 saturated heterocycles. The van der Waals surface area contributed by atoms with Gasteiger partial charge in [0.1, 0.15) is 5.60 Å². The molecule has 1 rings (SSSR count). The van der Waals surface area contributed by atoms with E-state index in [1.807, 2.05) is 0 Å². The molecule has 0 spiro atoms. The maximum atomic E-state index is 11.5. The van der Waals surface area contributed by atoms with Crippen molar-refractivity contribution in [1.82, 2.24) is 20.3 Å². The number of aromatic nitrogens is 3. The smallest absolute Gasteiger partial charge is 0.407 e. The molecule has 0 aliphatic rings. The largest absolute Gasteiger partial charge is 0.476 e. The van der Waals surface area contributed by atoms with Crippen LogP contribution in [-0.2, 0) is 17.8 Å². The number of aryl methyl sites for hydroxylation is 1. The van der Waals surface area contributed by atoms with Gasteiger partial charge in [0.25, 0.3) is 0 Å². The first kappa shape index (κ1) is 14.9. The number of carbonyl (C=O) groups excluding carboxylic acids is 1. The molecule has 0 aliphatic carbocycles. The molecule has 1 aromatic heterocycles. The predicted octanol–water partition coefficient (Wildman–Crippen LogP) is 1.02. The normalized spacial score (nSPS) is 11.2. The van der Waals surface area contributed by atoms with Crippen molar-refractivity contribution in [3.63, 3.8) is 0 Å². The molecule has 0 unspecified atom stereocenters. The second-order valence-corrected chi connectivity index (χ2v) is 4.86. The number of nitrogens with zero attached hydrogens (tertiary/aromatic N) is 3. The number of carboxylic acids is 1. The molecule has 1 amide bonds. The van der Waals surface area contributed by atoms with E-state index in [1.54, 1.807) is 27.7 Å². The maximum Gasteiger partial charge on any atom is 0.407 e. The Labute approximate surface area is 110 Å². The van der Waals surface area contributed by atoms with E-state index in [2.05, 4.69) is 15.6 Å². The summed E-state index contributed by atoms with van der Waals surface area (Å²) in [6.45, 7) is 7.49. The van der Waals surface area contributed by atoms with Crippen molar-refractivity contribution >= 4 is 12.1 Å². The first-order valence-corrected chi connectivity index (χ1v) is 5.87. The molecule has 0 saturated carbocycles. The van der Waals surface area contributed by atoms with Crippen molar-refractivity contribution in [3.8, 4) is 0 Å². The number of nitrogens with one attached hydrogen (secondary N) is 1. The second kappa shape index (κ2) is 5.68. The van der Waals surface area contributed by atoms with Crippen LogP contribution in [0.25, 0.3) is 0 Å². The Bertz CT molecular complexity index is 476. The van der Waals surface area contributed by atoms with E-state index in [4.69, 9.17) is 9.84 Å². The standard InChI is InChI=1S/C11H18N4O4/c1-5-15-7(8(9(16)17)13-14-15)6-12-10(18)19-11(2,3)4/h5-6H2,1-4H3,(H,12,18)(H,16,17). The van der Waals surface area contributed by atoms with Gasteiger partial charge in [-0.05, 0) is 27.7 Å². The molecule has 0 radical (unpaired) electrons. The second-order valence-electron chi connectivity index (χ2n) is 4.86. The molecule has 0 atom stereocenters. The summed E-state index contributed by atoms with van der Waals surface area (Å²) in [7, 11) is 0. The highest BCUT2D eigenvalue weighted by Crippen LogP contribution is 2.08. The van der Waals surface area contributed by atoms with Gasteiger partial charge in [-0.15, -0.1) is 5.10 Å². The van der Waals surface area contributed by atoms with Crippen molar-refractivity contribution in [3.05, 3.63) is 11.4 Å². The van der Waals surface area contributed by atoms with Crippen molar-refractivity contribution in [2.45, 2.75) is 46.4 Å². The van der Waals surface area contributed by atoms with E-state index in [0.29, 0.717) is 12.2 Å². The summed E-state index contributed by atoms with van der Waals surface area (Å²) in [5.41, 5.74) is -0.443.